The number of hydrogen-bond acceptors (Lipinski definition) is 8. The van der Waals surface area contributed by atoms with Crippen LogP contribution in [0.3, 0.4) is 0 Å². The molecule has 0 heterocycles. The monoisotopic (exact) mass is 592 g/mol. The van der Waals surface area contributed by atoms with Gasteiger partial charge in [0.1, 0.15) is 11.5 Å². The van der Waals surface area contributed by atoms with E-state index < -0.39 is 0 Å². The second-order valence-corrected chi connectivity index (χ2v) is 8.78. The van der Waals surface area contributed by atoms with E-state index in [4.69, 9.17) is 28.4 Å². The summed E-state index contributed by atoms with van der Waals surface area (Å²) in [5.74, 6) is 2.51. The number of hydrogen-bond donors (Lipinski definition) is 1. The maximum atomic E-state index is 5.49. The molecule has 2 aromatic carbocycles. The third-order valence-corrected chi connectivity index (χ3v) is 5.85. The summed E-state index contributed by atoms with van der Waals surface area (Å²) in [6.07, 6.45) is -0.207. The van der Waals surface area contributed by atoms with Crippen molar-refractivity contribution < 1.29 is 28.4 Å². The summed E-state index contributed by atoms with van der Waals surface area (Å²) in [5.41, 5.74) is 0. The van der Waals surface area contributed by atoms with E-state index in [-0.39, 0.29) is 12.6 Å². The van der Waals surface area contributed by atoms with Crippen LogP contribution < -0.4 is 9.47 Å². The third kappa shape index (κ3) is 18.0. The first kappa shape index (κ1) is 34.1. The summed E-state index contributed by atoms with van der Waals surface area (Å²) in [6.45, 7) is 10.6. The fourth-order valence-corrected chi connectivity index (χ4v) is 3.97. The Kier molecular flexibility index (Phi) is 22.8. The summed E-state index contributed by atoms with van der Waals surface area (Å²) < 4.78 is 31.4. The van der Waals surface area contributed by atoms with Crippen LogP contribution in [0.5, 0.6) is 11.5 Å². The van der Waals surface area contributed by atoms with Crippen molar-refractivity contribution in [1.29, 1.82) is 0 Å². The zero-order chi connectivity index (χ0) is 26.3. The Labute approximate surface area is 229 Å². The average molecular weight is 594 g/mol. The standard InChI is InChI=1S/C13H20O3S.C7H8OS.C6H13BrO2/c1-4-15-13(16-5-2)10-17-12-8-6-7-11(9-12)14-3;1-8-6-3-2-4-7(9)5-6;1-3-8-6(5-7)9-4-2/h6-9,13H,4-5,10H2,1-3H3;2-5,9H,1H3;6H,3-5H2,1-2H3. The summed E-state index contributed by atoms with van der Waals surface area (Å²) in [4.78, 5) is 2.09. The van der Waals surface area contributed by atoms with Crippen molar-refractivity contribution in [1.82, 2.24) is 0 Å². The number of alkyl halides is 1. The van der Waals surface area contributed by atoms with Crippen LogP contribution in [0.15, 0.2) is 58.3 Å². The highest BCUT2D eigenvalue weighted by Gasteiger charge is 2.08. The highest BCUT2D eigenvalue weighted by molar-refractivity contribution is 9.09. The molecule has 0 saturated heterocycles. The lowest BCUT2D eigenvalue weighted by atomic mass is 10.3. The number of halogens is 1. The molecular formula is C26H41BrO6S2. The molecule has 0 saturated carbocycles. The highest BCUT2D eigenvalue weighted by Crippen LogP contribution is 2.24. The normalized spacial score (nSPS) is 10.3. The highest BCUT2D eigenvalue weighted by atomic mass is 79.9. The Morgan fingerprint density at radius 1 is 0.743 bits per heavy atom. The predicted molar refractivity (Wildman–Crippen MR) is 152 cm³/mol. The van der Waals surface area contributed by atoms with Crippen LogP contribution in [0.4, 0.5) is 0 Å². The van der Waals surface area contributed by atoms with Crippen LogP contribution in [-0.2, 0) is 18.9 Å². The van der Waals surface area contributed by atoms with Gasteiger partial charge in [-0.3, -0.25) is 0 Å². The molecule has 0 aliphatic rings. The summed E-state index contributed by atoms with van der Waals surface area (Å²) >= 11 is 9.10. The van der Waals surface area contributed by atoms with E-state index in [9.17, 15) is 0 Å². The molecule has 0 fully saturated rings. The first-order chi connectivity index (χ1) is 17.0. The van der Waals surface area contributed by atoms with Gasteiger partial charge in [-0.1, -0.05) is 28.1 Å². The van der Waals surface area contributed by atoms with Crippen molar-refractivity contribution in [3.63, 3.8) is 0 Å². The molecule has 2 rings (SSSR count). The van der Waals surface area contributed by atoms with Gasteiger partial charge in [0.2, 0.25) is 0 Å². The molecule has 0 N–H and O–H groups in total. The van der Waals surface area contributed by atoms with Crippen molar-refractivity contribution >= 4 is 40.3 Å². The van der Waals surface area contributed by atoms with Gasteiger partial charge in [-0.05, 0) is 64.1 Å². The molecule has 0 bridgehead atoms. The fraction of sp³-hybridized carbons (Fsp3) is 0.538. The van der Waals surface area contributed by atoms with E-state index in [2.05, 4.69) is 34.6 Å². The van der Waals surface area contributed by atoms with E-state index in [1.807, 2.05) is 70.2 Å². The molecule has 0 radical (unpaired) electrons. The molecule has 6 nitrogen and oxygen atoms in total. The summed E-state index contributed by atoms with van der Waals surface area (Å²) in [7, 11) is 3.32. The number of thiol groups is 1. The largest absolute Gasteiger partial charge is 0.497 e. The van der Waals surface area contributed by atoms with Gasteiger partial charge in [-0.25, -0.2) is 0 Å². The Balaban J connectivity index is 0.000000543. The van der Waals surface area contributed by atoms with Gasteiger partial charge in [0.15, 0.2) is 12.6 Å². The lowest BCUT2D eigenvalue weighted by Crippen LogP contribution is -2.19. The molecule has 0 spiro atoms. The zero-order valence-electron chi connectivity index (χ0n) is 21.7. The van der Waals surface area contributed by atoms with E-state index in [1.54, 1.807) is 26.0 Å². The summed E-state index contributed by atoms with van der Waals surface area (Å²) in [6, 6.07) is 15.6. The second kappa shape index (κ2) is 23.5. The smallest absolute Gasteiger partial charge is 0.167 e. The maximum Gasteiger partial charge on any atom is 0.167 e. The van der Waals surface area contributed by atoms with E-state index in [0.29, 0.717) is 26.4 Å². The molecule has 0 amide bonds. The van der Waals surface area contributed by atoms with Crippen LogP contribution in [-0.4, -0.2) is 64.3 Å². The molecule has 0 unspecified atom stereocenters. The second-order valence-electron chi connectivity index (χ2n) is 6.53. The molecule has 35 heavy (non-hydrogen) atoms. The third-order valence-electron chi connectivity index (χ3n) is 4.02. The molecule has 0 atom stereocenters. The van der Waals surface area contributed by atoms with Crippen molar-refractivity contribution in [2.24, 2.45) is 0 Å². The molecule has 0 aliphatic carbocycles. The lowest BCUT2D eigenvalue weighted by molar-refractivity contribution is -0.120. The van der Waals surface area contributed by atoms with Crippen molar-refractivity contribution in [3.05, 3.63) is 48.5 Å². The Hall–Kier alpha value is -0.940. The number of methoxy groups -OCH3 is 2. The first-order valence-corrected chi connectivity index (χ1v) is 14.1. The topological polar surface area (TPSA) is 55.4 Å². The SMILES string of the molecule is CCOC(CBr)OCC.CCOC(CSc1cccc(OC)c1)OCC.COc1cccc(S)c1. The van der Waals surface area contributed by atoms with Gasteiger partial charge < -0.3 is 28.4 Å². The number of ether oxygens (including phenoxy) is 6. The van der Waals surface area contributed by atoms with Gasteiger partial charge in [-0.2, -0.15) is 0 Å². The minimum absolute atomic E-state index is 0.0694. The molecule has 2 aromatic rings. The van der Waals surface area contributed by atoms with Crippen LogP contribution in [0.2, 0.25) is 0 Å². The van der Waals surface area contributed by atoms with Crippen LogP contribution in [0.25, 0.3) is 0 Å². The predicted octanol–water partition coefficient (Wildman–Crippen LogP) is 6.95. The lowest BCUT2D eigenvalue weighted by Gasteiger charge is -2.16. The van der Waals surface area contributed by atoms with Crippen LogP contribution >= 0.6 is 40.3 Å². The summed E-state index contributed by atoms with van der Waals surface area (Å²) in [5, 5.41) is 0.745. The molecule has 0 aliphatic heterocycles. The quantitative estimate of drug-likeness (QED) is 0.110. The number of rotatable bonds is 14. The minimum Gasteiger partial charge on any atom is -0.497 e. The van der Waals surface area contributed by atoms with Gasteiger partial charge in [0.05, 0.1) is 19.5 Å². The maximum absolute atomic E-state index is 5.49. The molecule has 9 heteroatoms. The van der Waals surface area contributed by atoms with Gasteiger partial charge in [0.25, 0.3) is 0 Å². The molecule has 0 aromatic heterocycles. The Morgan fingerprint density at radius 3 is 1.66 bits per heavy atom. The minimum atomic E-state index is -0.138. The van der Waals surface area contributed by atoms with Crippen molar-refractivity contribution in [2.45, 2.75) is 50.1 Å². The van der Waals surface area contributed by atoms with E-state index in [0.717, 1.165) is 32.4 Å². The number of thioether (sulfide) groups is 1. The van der Waals surface area contributed by atoms with E-state index >= 15 is 0 Å². The van der Waals surface area contributed by atoms with Gasteiger partial charge in [-0.15, -0.1) is 24.4 Å². The van der Waals surface area contributed by atoms with Gasteiger partial charge >= 0.3 is 0 Å². The average Bonchev–Trinajstić information content (AvgIpc) is 2.88. The van der Waals surface area contributed by atoms with Crippen LogP contribution in [0, 0.1) is 0 Å². The fourth-order valence-electron chi connectivity index (χ4n) is 2.49. The van der Waals surface area contributed by atoms with Crippen molar-refractivity contribution in [2.75, 3.05) is 51.7 Å². The Bertz CT molecular complexity index is 741. The van der Waals surface area contributed by atoms with E-state index in [1.165, 1.54) is 0 Å². The molecule has 200 valence electrons. The van der Waals surface area contributed by atoms with Crippen molar-refractivity contribution in [3.8, 4) is 11.5 Å². The van der Waals surface area contributed by atoms with Gasteiger partial charge in [0, 0.05) is 42.0 Å². The molecular weight excluding hydrogens is 552 g/mol. The first-order valence-electron chi connectivity index (χ1n) is 11.6. The van der Waals surface area contributed by atoms with Crippen LogP contribution in [0.1, 0.15) is 27.7 Å². The Morgan fingerprint density at radius 2 is 1.23 bits per heavy atom. The number of benzene rings is 2. The zero-order valence-corrected chi connectivity index (χ0v) is 25.0.